The monoisotopic (exact) mass is 548 g/mol. The molecule has 0 aliphatic carbocycles. The number of imide groups is 1. The van der Waals surface area contributed by atoms with Crippen LogP contribution >= 0.6 is 11.6 Å². The van der Waals surface area contributed by atoms with Gasteiger partial charge in [-0.1, -0.05) is 11.6 Å². The summed E-state index contributed by atoms with van der Waals surface area (Å²) < 4.78 is 24.9. The average Bonchev–Trinajstić information content (AvgIpc) is 3.20. The molecule has 0 spiro atoms. The summed E-state index contributed by atoms with van der Waals surface area (Å²) in [5.74, 6) is -1.48. The molecule has 3 atom stereocenters. The molecule has 0 saturated carbocycles. The van der Waals surface area contributed by atoms with Gasteiger partial charge in [-0.2, -0.15) is 9.28 Å². The Morgan fingerprint density at radius 1 is 1.18 bits per heavy atom. The van der Waals surface area contributed by atoms with Gasteiger partial charge in [0.1, 0.15) is 11.9 Å². The molecule has 2 unspecified atom stereocenters. The van der Waals surface area contributed by atoms with Crippen molar-refractivity contribution in [1.29, 1.82) is 0 Å². The lowest BCUT2D eigenvalue weighted by atomic mass is 10.0. The zero-order valence-corrected chi connectivity index (χ0v) is 21.8. The molecule has 38 heavy (non-hydrogen) atoms. The van der Waals surface area contributed by atoms with E-state index in [1.54, 1.807) is 0 Å². The van der Waals surface area contributed by atoms with Crippen LogP contribution in [0.25, 0.3) is 0 Å². The Morgan fingerprint density at radius 2 is 1.95 bits per heavy atom. The summed E-state index contributed by atoms with van der Waals surface area (Å²) in [7, 11) is 1.24. The standard InChI is InChI=1S/C26H28ClFN3O7/c1-16-5-4-12-31(16,26(34)37-2)24(32)15-38-23-6-3-11-29(22-10-7-17(28)13-20(22)23)25(33)19-9-8-18(30(35)36)14-21(19)27/h7-10,13-14,16,23H,3-6,11-12,15H2,1-2H3/q+1/t16-,23?,31?/m1/s1. The molecule has 1 fully saturated rings. The van der Waals surface area contributed by atoms with E-state index >= 15 is 0 Å². The lowest BCUT2D eigenvalue weighted by Gasteiger charge is -2.31. The van der Waals surface area contributed by atoms with Gasteiger partial charge in [0.15, 0.2) is 6.61 Å². The molecule has 0 aromatic heterocycles. The fraction of sp³-hybridized carbons (Fsp3) is 0.423. The van der Waals surface area contributed by atoms with Crippen LogP contribution in [-0.4, -0.2) is 60.2 Å². The van der Waals surface area contributed by atoms with Crippen LogP contribution < -0.4 is 4.90 Å². The highest BCUT2D eigenvalue weighted by Gasteiger charge is 2.53. The summed E-state index contributed by atoms with van der Waals surface area (Å²) in [6.45, 7) is 2.01. The second-order valence-corrected chi connectivity index (χ2v) is 9.88. The van der Waals surface area contributed by atoms with E-state index in [0.29, 0.717) is 43.5 Å². The highest BCUT2D eigenvalue weighted by Crippen LogP contribution is 2.38. The van der Waals surface area contributed by atoms with Crippen molar-refractivity contribution >= 4 is 40.9 Å². The first-order chi connectivity index (χ1) is 18.1. The Hall–Kier alpha value is -3.41. The number of nitrogens with zero attached hydrogens (tertiary/aromatic N) is 3. The number of methoxy groups -OCH3 is 1. The van der Waals surface area contributed by atoms with Crippen LogP contribution in [0.4, 0.5) is 20.6 Å². The van der Waals surface area contributed by atoms with E-state index in [-0.39, 0.29) is 35.5 Å². The topological polar surface area (TPSA) is 116 Å². The summed E-state index contributed by atoms with van der Waals surface area (Å²) in [6.07, 6.45) is 0.884. The number of hydrogen-bond donors (Lipinski definition) is 0. The molecular formula is C26H28ClFN3O7+. The quantitative estimate of drug-likeness (QED) is 0.287. The number of amides is 3. The fourth-order valence-electron chi connectivity index (χ4n) is 5.33. The fourth-order valence-corrected chi connectivity index (χ4v) is 5.59. The zero-order valence-electron chi connectivity index (χ0n) is 21.0. The number of anilines is 1. The summed E-state index contributed by atoms with van der Waals surface area (Å²) in [5.41, 5.74) is 0.574. The molecule has 0 N–H and O–H groups in total. The number of non-ortho nitro benzene ring substituents is 1. The van der Waals surface area contributed by atoms with Gasteiger partial charge in [0.05, 0.1) is 35.3 Å². The molecule has 3 amide bonds. The number of hydrogen-bond acceptors (Lipinski definition) is 7. The van der Waals surface area contributed by atoms with Gasteiger partial charge in [-0.05, 0) is 44.0 Å². The number of quaternary nitrogens is 1. The predicted octanol–water partition coefficient (Wildman–Crippen LogP) is 5.18. The Kier molecular flexibility index (Phi) is 8.10. The number of nitro groups is 1. The van der Waals surface area contributed by atoms with E-state index in [0.717, 1.165) is 6.07 Å². The van der Waals surface area contributed by atoms with E-state index in [1.165, 1.54) is 42.3 Å². The molecule has 0 radical (unpaired) electrons. The molecule has 2 aliphatic rings. The maximum Gasteiger partial charge on any atom is 0.523 e. The normalized spacial score (nSPS) is 22.9. The van der Waals surface area contributed by atoms with Crippen molar-refractivity contribution in [2.24, 2.45) is 0 Å². The Labute approximate surface area is 223 Å². The Balaban J connectivity index is 1.61. The van der Waals surface area contributed by atoms with Crippen molar-refractivity contribution in [3.63, 3.8) is 0 Å². The van der Waals surface area contributed by atoms with Crippen molar-refractivity contribution in [2.75, 3.05) is 31.7 Å². The predicted molar refractivity (Wildman–Crippen MR) is 135 cm³/mol. The molecule has 0 bridgehead atoms. The van der Waals surface area contributed by atoms with Crippen LogP contribution in [0.1, 0.15) is 54.6 Å². The lowest BCUT2D eigenvalue weighted by Crippen LogP contribution is -2.60. The number of halogens is 2. The minimum atomic E-state index is -0.717. The van der Waals surface area contributed by atoms with E-state index in [2.05, 4.69) is 0 Å². The van der Waals surface area contributed by atoms with Crippen molar-refractivity contribution < 1.29 is 37.7 Å². The van der Waals surface area contributed by atoms with E-state index in [9.17, 15) is 28.9 Å². The van der Waals surface area contributed by atoms with Gasteiger partial charge in [-0.3, -0.25) is 14.9 Å². The average molecular weight is 549 g/mol. The van der Waals surface area contributed by atoms with E-state index in [4.69, 9.17) is 21.1 Å². The van der Waals surface area contributed by atoms with Gasteiger partial charge in [0, 0.05) is 42.8 Å². The zero-order chi connectivity index (χ0) is 27.6. The third-order valence-electron chi connectivity index (χ3n) is 7.35. The van der Waals surface area contributed by atoms with Crippen LogP contribution in [-0.2, 0) is 14.3 Å². The highest BCUT2D eigenvalue weighted by atomic mass is 35.5. The second-order valence-electron chi connectivity index (χ2n) is 9.47. The van der Waals surface area contributed by atoms with Gasteiger partial charge < -0.3 is 14.4 Å². The van der Waals surface area contributed by atoms with E-state index < -0.39 is 39.2 Å². The Bertz CT molecular complexity index is 1290. The number of ether oxygens (including phenoxy) is 2. The number of nitro benzene ring substituents is 1. The maximum atomic E-state index is 14.4. The van der Waals surface area contributed by atoms with Crippen molar-refractivity contribution in [1.82, 2.24) is 0 Å². The van der Waals surface area contributed by atoms with E-state index in [1.807, 2.05) is 6.92 Å². The molecule has 12 heteroatoms. The molecule has 2 aromatic carbocycles. The Morgan fingerprint density at radius 3 is 2.58 bits per heavy atom. The van der Waals surface area contributed by atoms with Crippen LogP contribution in [0, 0.1) is 15.9 Å². The number of benzene rings is 2. The third kappa shape index (κ3) is 5.01. The largest absolute Gasteiger partial charge is 0.523 e. The first-order valence-electron chi connectivity index (χ1n) is 12.3. The molecule has 2 aliphatic heterocycles. The second kappa shape index (κ2) is 11.1. The number of fused-ring (bicyclic) bond motifs is 1. The van der Waals surface area contributed by atoms with Crippen molar-refractivity contribution in [2.45, 2.75) is 44.8 Å². The minimum Gasteiger partial charge on any atom is -0.423 e. The van der Waals surface area contributed by atoms with Gasteiger partial charge >= 0.3 is 12.0 Å². The molecule has 4 rings (SSSR count). The van der Waals surface area contributed by atoms with Crippen molar-refractivity contribution in [3.8, 4) is 0 Å². The molecular weight excluding hydrogens is 521 g/mol. The number of carbonyl (C=O) groups is 3. The first kappa shape index (κ1) is 27.6. The molecule has 2 heterocycles. The number of likely N-dealkylation sites (tertiary alicyclic amines) is 1. The number of rotatable bonds is 5. The molecule has 1 saturated heterocycles. The SMILES string of the molecule is COC(=O)[N+]1(C(=O)COC2CCCN(C(=O)c3ccc([N+](=O)[O-])cc3Cl)c3ccc(F)cc32)CCC[C@H]1C. The van der Waals surface area contributed by atoms with Gasteiger partial charge in [0.2, 0.25) is 0 Å². The van der Waals surface area contributed by atoms with Gasteiger partial charge in [0.25, 0.3) is 11.6 Å². The molecule has 202 valence electrons. The lowest BCUT2D eigenvalue weighted by molar-refractivity contribution is -0.793. The van der Waals surface area contributed by atoms with Crippen molar-refractivity contribution in [3.05, 3.63) is 68.5 Å². The summed E-state index contributed by atoms with van der Waals surface area (Å²) in [4.78, 5) is 51.2. The van der Waals surface area contributed by atoms with Crippen LogP contribution in [0.5, 0.6) is 0 Å². The van der Waals surface area contributed by atoms with Crippen LogP contribution in [0.3, 0.4) is 0 Å². The maximum absolute atomic E-state index is 14.4. The molecule has 2 aromatic rings. The highest BCUT2D eigenvalue weighted by molar-refractivity contribution is 6.34. The summed E-state index contributed by atoms with van der Waals surface area (Å²) in [5, 5.41) is 11.0. The third-order valence-corrected chi connectivity index (χ3v) is 7.67. The summed E-state index contributed by atoms with van der Waals surface area (Å²) >= 11 is 6.20. The molecule has 10 nitrogen and oxygen atoms in total. The number of carbonyl (C=O) groups excluding carboxylic acids is 3. The van der Waals surface area contributed by atoms with Crippen LogP contribution in [0.2, 0.25) is 5.02 Å². The summed E-state index contributed by atoms with van der Waals surface area (Å²) in [6, 6.07) is 7.27. The first-order valence-corrected chi connectivity index (χ1v) is 12.6. The van der Waals surface area contributed by atoms with Gasteiger partial charge in [-0.25, -0.2) is 9.18 Å². The minimum absolute atomic E-state index is 0.0645. The van der Waals surface area contributed by atoms with Crippen LogP contribution in [0.15, 0.2) is 36.4 Å². The smallest absolute Gasteiger partial charge is 0.423 e. The van der Waals surface area contributed by atoms with Gasteiger partial charge in [-0.15, -0.1) is 0 Å².